The van der Waals surface area contributed by atoms with Crippen LogP contribution in [0.2, 0.25) is 0 Å². The lowest BCUT2D eigenvalue weighted by molar-refractivity contribution is -0.137. The van der Waals surface area contributed by atoms with Gasteiger partial charge in [-0.15, -0.1) is 0 Å². The Morgan fingerprint density at radius 1 is 1.03 bits per heavy atom. The maximum Gasteiger partial charge on any atom is 0.315 e. The predicted octanol–water partition coefficient (Wildman–Crippen LogP) is 0.388. The molecule has 0 saturated carbocycles. The lowest BCUT2D eigenvalue weighted by Gasteiger charge is -2.18. The highest BCUT2D eigenvalue weighted by Crippen LogP contribution is 2.33. The van der Waals surface area contributed by atoms with Gasteiger partial charge in [-0.25, -0.2) is 4.79 Å². The third kappa shape index (κ3) is 8.07. The fourth-order valence-electron chi connectivity index (χ4n) is 4.57. The summed E-state index contributed by atoms with van der Waals surface area (Å²) in [5.41, 5.74) is 0. The van der Waals surface area contributed by atoms with Crippen molar-refractivity contribution in [3.05, 3.63) is 12.2 Å². The Balaban J connectivity index is 1.21. The molecule has 6 amide bonds. The fourth-order valence-corrected chi connectivity index (χ4v) is 6.12. The smallest absolute Gasteiger partial charge is 0.315 e. The number of urea groups is 1. The molecule has 11 nitrogen and oxygen atoms in total. The summed E-state index contributed by atoms with van der Waals surface area (Å²) in [5, 5.41) is 11.9. The van der Waals surface area contributed by atoms with Gasteiger partial charge in [0.15, 0.2) is 5.78 Å². The molecule has 0 aliphatic carbocycles. The Morgan fingerprint density at radius 2 is 1.78 bits per heavy atom. The van der Waals surface area contributed by atoms with E-state index in [4.69, 9.17) is 0 Å². The third-order valence-electron chi connectivity index (χ3n) is 6.61. The van der Waals surface area contributed by atoms with Gasteiger partial charge in [0, 0.05) is 49.1 Å². The molecule has 0 spiro atoms. The van der Waals surface area contributed by atoms with Crippen molar-refractivity contribution in [2.24, 2.45) is 0 Å². The second kappa shape index (κ2) is 13.4. The highest BCUT2D eigenvalue weighted by atomic mass is 32.2. The van der Waals surface area contributed by atoms with Gasteiger partial charge in [-0.1, -0.05) is 6.42 Å². The number of hydrogen-bond donors (Lipinski definition) is 4. The standard InChI is InChI=1S/C24H35N5O6S/c1-15(30)16(26-20(32)11-13-29-21(33)9-10-22(29)34)6-4-5-12-25-19(31)8-3-2-7-18-23-17(14-36-18)27-24(35)28-23/h9-10,16-18,23H,2-8,11-14H2,1H3,(H,25,31)(H,26,32)(H2,27,28,35)/t16?,17-,18-,23-/m0/s1. The molecule has 2 fully saturated rings. The molecule has 4 atom stereocenters. The Kier molecular flexibility index (Phi) is 10.3. The van der Waals surface area contributed by atoms with Crippen molar-refractivity contribution in [1.29, 1.82) is 0 Å². The number of nitrogens with zero attached hydrogens (tertiary/aromatic N) is 1. The van der Waals surface area contributed by atoms with Gasteiger partial charge in [0.25, 0.3) is 11.8 Å². The molecule has 198 valence electrons. The molecule has 3 aliphatic rings. The molecule has 3 heterocycles. The van der Waals surface area contributed by atoms with Crippen LogP contribution in [0.4, 0.5) is 4.79 Å². The van der Waals surface area contributed by atoms with Crippen LogP contribution in [0, 0.1) is 0 Å². The minimum Gasteiger partial charge on any atom is -0.356 e. The van der Waals surface area contributed by atoms with Crippen molar-refractivity contribution < 1.29 is 28.8 Å². The van der Waals surface area contributed by atoms with Gasteiger partial charge in [-0.05, 0) is 39.0 Å². The first-order valence-corrected chi connectivity index (χ1v) is 13.6. The number of amides is 6. The van der Waals surface area contributed by atoms with E-state index in [-0.39, 0.29) is 42.8 Å². The number of carbonyl (C=O) groups excluding carboxylic acids is 6. The van der Waals surface area contributed by atoms with Crippen LogP contribution in [0.25, 0.3) is 0 Å². The number of rotatable bonds is 15. The third-order valence-corrected chi connectivity index (χ3v) is 8.12. The quantitative estimate of drug-likeness (QED) is 0.138. The molecule has 0 aromatic carbocycles. The van der Waals surface area contributed by atoms with Crippen LogP contribution in [0.5, 0.6) is 0 Å². The number of thioether (sulfide) groups is 1. The molecule has 0 bridgehead atoms. The van der Waals surface area contributed by atoms with Crippen molar-refractivity contribution >= 4 is 47.2 Å². The molecule has 0 aromatic heterocycles. The zero-order valence-corrected chi connectivity index (χ0v) is 21.4. The first-order chi connectivity index (χ1) is 17.2. The lowest BCUT2D eigenvalue weighted by atomic mass is 10.0. The summed E-state index contributed by atoms with van der Waals surface area (Å²) in [4.78, 5) is 71.7. The van der Waals surface area contributed by atoms with Crippen LogP contribution in [-0.4, -0.2) is 82.6 Å². The highest BCUT2D eigenvalue weighted by Gasteiger charge is 2.42. The van der Waals surface area contributed by atoms with E-state index in [1.807, 2.05) is 11.8 Å². The van der Waals surface area contributed by atoms with Crippen molar-refractivity contribution in [2.75, 3.05) is 18.8 Å². The van der Waals surface area contributed by atoms with Crippen LogP contribution >= 0.6 is 11.8 Å². The SMILES string of the molecule is CC(=O)C(CCCCNC(=O)CCCC[C@@H]1SC[C@@H]2NC(=O)N[C@@H]21)NC(=O)CCN1C(=O)C=CC1=O. The van der Waals surface area contributed by atoms with E-state index < -0.39 is 23.8 Å². The summed E-state index contributed by atoms with van der Waals surface area (Å²) in [6.45, 7) is 1.89. The number of unbranched alkanes of at least 4 members (excludes halogenated alkanes) is 2. The van der Waals surface area contributed by atoms with Crippen molar-refractivity contribution in [1.82, 2.24) is 26.2 Å². The van der Waals surface area contributed by atoms with Crippen LogP contribution in [0.15, 0.2) is 12.2 Å². The van der Waals surface area contributed by atoms with Crippen molar-refractivity contribution in [3.63, 3.8) is 0 Å². The molecule has 36 heavy (non-hydrogen) atoms. The first kappa shape index (κ1) is 27.7. The molecule has 3 rings (SSSR count). The number of fused-ring (bicyclic) bond motifs is 1. The Bertz CT molecular complexity index is 891. The molecule has 4 N–H and O–H groups in total. The number of Topliss-reactive ketones (excluding diaryl/α,β-unsaturated/α-hetero) is 1. The van der Waals surface area contributed by atoms with Gasteiger partial charge >= 0.3 is 6.03 Å². The van der Waals surface area contributed by atoms with Crippen LogP contribution < -0.4 is 21.3 Å². The van der Waals surface area contributed by atoms with E-state index in [0.717, 1.165) is 42.1 Å². The van der Waals surface area contributed by atoms with E-state index in [1.54, 1.807) is 0 Å². The fraction of sp³-hybridized carbons (Fsp3) is 0.667. The molecular weight excluding hydrogens is 486 g/mol. The van der Waals surface area contributed by atoms with Gasteiger partial charge in [-0.2, -0.15) is 11.8 Å². The van der Waals surface area contributed by atoms with Gasteiger partial charge in [0.1, 0.15) is 0 Å². The van der Waals surface area contributed by atoms with Gasteiger partial charge in [0.2, 0.25) is 11.8 Å². The second-order valence-corrected chi connectivity index (χ2v) is 10.6. The van der Waals surface area contributed by atoms with Crippen LogP contribution in [0.1, 0.15) is 58.3 Å². The molecular formula is C24H35N5O6S. The maximum absolute atomic E-state index is 12.2. The van der Waals surface area contributed by atoms with Gasteiger partial charge < -0.3 is 21.3 Å². The first-order valence-electron chi connectivity index (χ1n) is 12.5. The topological polar surface area (TPSA) is 154 Å². The number of carbonyl (C=O) groups is 6. The average Bonchev–Trinajstić information content (AvgIpc) is 3.48. The number of ketones is 1. The summed E-state index contributed by atoms with van der Waals surface area (Å²) in [5.74, 6) is -0.516. The lowest BCUT2D eigenvalue weighted by Crippen LogP contribution is -2.42. The molecule has 2 saturated heterocycles. The normalized spacial score (nSPS) is 23.3. The van der Waals surface area contributed by atoms with Crippen molar-refractivity contribution in [3.8, 4) is 0 Å². The summed E-state index contributed by atoms with van der Waals surface area (Å²) >= 11 is 1.87. The molecule has 1 unspecified atom stereocenters. The highest BCUT2D eigenvalue weighted by molar-refractivity contribution is 8.00. The van der Waals surface area contributed by atoms with Gasteiger partial charge in [-0.3, -0.25) is 28.9 Å². The largest absolute Gasteiger partial charge is 0.356 e. The molecule has 0 radical (unpaired) electrons. The van der Waals surface area contributed by atoms with E-state index in [0.29, 0.717) is 37.5 Å². The van der Waals surface area contributed by atoms with Crippen molar-refractivity contribution in [2.45, 2.75) is 81.7 Å². The predicted molar refractivity (Wildman–Crippen MR) is 134 cm³/mol. The maximum atomic E-state index is 12.2. The average molecular weight is 522 g/mol. The van der Waals surface area contributed by atoms with Crippen LogP contribution in [0.3, 0.4) is 0 Å². The van der Waals surface area contributed by atoms with Crippen LogP contribution in [-0.2, 0) is 24.0 Å². The van der Waals surface area contributed by atoms with E-state index in [1.165, 1.54) is 6.92 Å². The summed E-state index contributed by atoms with van der Waals surface area (Å²) in [6, 6.07) is -0.312. The minimum absolute atomic E-state index is 0.000273. The zero-order valence-electron chi connectivity index (χ0n) is 20.5. The minimum atomic E-state index is -0.635. The zero-order chi connectivity index (χ0) is 26.1. The Labute approximate surface area is 214 Å². The number of hydrogen-bond acceptors (Lipinski definition) is 7. The van der Waals surface area contributed by atoms with E-state index in [2.05, 4.69) is 21.3 Å². The molecule has 12 heteroatoms. The Morgan fingerprint density at radius 3 is 2.50 bits per heavy atom. The van der Waals surface area contributed by atoms with E-state index in [9.17, 15) is 28.8 Å². The molecule has 3 aliphatic heterocycles. The van der Waals surface area contributed by atoms with E-state index >= 15 is 0 Å². The monoisotopic (exact) mass is 521 g/mol. The van der Waals surface area contributed by atoms with Gasteiger partial charge in [0.05, 0.1) is 18.1 Å². The summed E-state index contributed by atoms with van der Waals surface area (Å²) in [7, 11) is 0. The second-order valence-electron chi connectivity index (χ2n) is 9.36. The summed E-state index contributed by atoms with van der Waals surface area (Å²) < 4.78 is 0. The summed E-state index contributed by atoms with van der Waals surface area (Å²) in [6.07, 6.45) is 7.21. The molecule has 0 aromatic rings. The Hall–Kier alpha value is -2.89. The number of nitrogens with one attached hydrogen (secondary N) is 4. The number of imide groups is 1.